The summed E-state index contributed by atoms with van der Waals surface area (Å²) in [4.78, 5) is 16.9. The molecular formula is C22H21N3O5. The van der Waals surface area contributed by atoms with Crippen molar-refractivity contribution in [3.05, 3.63) is 66.0 Å². The monoisotopic (exact) mass is 407 g/mol. The second-order valence-corrected chi connectivity index (χ2v) is 6.47. The van der Waals surface area contributed by atoms with Crippen molar-refractivity contribution in [3.63, 3.8) is 0 Å². The number of amides is 1. The van der Waals surface area contributed by atoms with E-state index in [4.69, 9.17) is 18.9 Å². The first-order valence-corrected chi connectivity index (χ1v) is 9.22. The molecule has 1 aliphatic heterocycles. The van der Waals surface area contributed by atoms with E-state index in [2.05, 4.69) is 15.6 Å². The van der Waals surface area contributed by atoms with Gasteiger partial charge in [-0.2, -0.15) is 0 Å². The Kier molecular flexibility index (Phi) is 5.30. The van der Waals surface area contributed by atoms with Gasteiger partial charge >= 0.3 is 0 Å². The van der Waals surface area contributed by atoms with Gasteiger partial charge in [0.2, 0.25) is 5.75 Å². The Bertz CT molecular complexity index is 1040. The average molecular weight is 407 g/mol. The average Bonchev–Trinajstić information content (AvgIpc) is 3.22. The predicted molar refractivity (Wildman–Crippen MR) is 112 cm³/mol. The zero-order valence-corrected chi connectivity index (χ0v) is 16.8. The maximum atomic E-state index is 12.8. The van der Waals surface area contributed by atoms with Crippen LogP contribution in [0.4, 0.5) is 11.4 Å². The van der Waals surface area contributed by atoms with Crippen LogP contribution in [-0.4, -0.2) is 32.2 Å². The number of aromatic nitrogens is 1. The van der Waals surface area contributed by atoms with Gasteiger partial charge in [-0.05, 0) is 24.3 Å². The van der Waals surface area contributed by atoms with Crippen molar-refractivity contribution in [2.45, 2.75) is 6.23 Å². The molecular weight excluding hydrogens is 386 g/mol. The van der Waals surface area contributed by atoms with Crippen molar-refractivity contribution >= 4 is 17.3 Å². The molecule has 0 aliphatic carbocycles. The molecule has 30 heavy (non-hydrogen) atoms. The fourth-order valence-electron chi connectivity index (χ4n) is 3.26. The maximum absolute atomic E-state index is 12.8. The van der Waals surface area contributed by atoms with Gasteiger partial charge in [0, 0.05) is 23.5 Å². The molecule has 8 nitrogen and oxygen atoms in total. The number of rotatable bonds is 6. The summed E-state index contributed by atoms with van der Waals surface area (Å²) in [7, 11) is 4.50. The van der Waals surface area contributed by atoms with Crippen molar-refractivity contribution in [3.8, 4) is 23.0 Å². The predicted octanol–water partition coefficient (Wildman–Crippen LogP) is 3.86. The third-order valence-electron chi connectivity index (χ3n) is 4.73. The number of carbonyl (C=O) groups excluding carboxylic acids is 1. The molecule has 1 aromatic heterocycles. The Morgan fingerprint density at radius 1 is 1.00 bits per heavy atom. The van der Waals surface area contributed by atoms with Gasteiger partial charge in [0.25, 0.3) is 5.91 Å². The largest absolute Gasteiger partial charge is 0.493 e. The van der Waals surface area contributed by atoms with E-state index >= 15 is 0 Å². The van der Waals surface area contributed by atoms with E-state index in [-0.39, 0.29) is 12.1 Å². The summed E-state index contributed by atoms with van der Waals surface area (Å²) in [5.74, 6) is 1.58. The standard InChI is InChI=1S/C22H21N3O5/c1-27-18-9-8-15(19(28-2)20(18)29-3)21(26)24-14-6-4-13(5-7-14)22-25-16-12-23-11-10-17(16)30-22/h4-12,22,25H,1-3H3,(H,24,26). The highest BCUT2D eigenvalue weighted by atomic mass is 16.5. The second kappa shape index (κ2) is 8.20. The third kappa shape index (κ3) is 3.55. The summed E-state index contributed by atoms with van der Waals surface area (Å²) < 4.78 is 21.9. The van der Waals surface area contributed by atoms with Crippen LogP contribution >= 0.6 is 0 Å². The molecule has 1 unspecified atom stereocenters. The smallest absolute Gasteiger partial charge is 0.259 e. The van der Waals surface area contributed by atoms with Crippen LogP contribution in [0, 0.1) is 0 Å². The van der Waals surface area contributed by atoms with Crippen LogP contribution in [-0.2, 0) is 0 Å². The van der Waals surface area contributed by atoms with Crippen LogP contribution in [0.2, 0.25) is 0 Å². The molecule has 8 heteroatoms. The third-order valence-corrected chi connectivity index (χ3v) is 4.73. The van der Waals surface area contributed by atoms with Gasteiger partial charge in [-0.3, -0.25) is 9.78 Å². The van der Waals surface area contributed by atoms with Crippen LogP contribution < -0.4 is 29.6 Å². The molecule has 2 heterocycles. The molecule has 1 atom stereocenters. The zero-order valence-electron chi connectivity index (χ0n) is 16.8. The van der Waals surface area contributed by atoms with Crippen LogP contribution in [0.5, 0.6) is 23.0 Å². The van der Waals surface area contributed by atoms with Crippen molar-refractivity contribution in [1.82, 2.24) is 4.98 Å². The van der Waals surface area contributed by atoms with E-state index in [1.807, 2.05) is 30.3 Å². The van der Waals surface area contributed by atoms with Gasteiger partial charge in [0.15, 0.2) is 17.7 Å². The first-order chi connectivity index (χ1) is 14.6. The normalized spacial score (nSPS) is 14.2. The number of fused-ring (bicyclic) bond motifs is 1. The Hall–Kier alpha value is -3.94. The Labute approximate surface area is 173 Å². The molecule has 2 N–H and O–H groups in total. The number of anilines is 2. The molecule has 0 saturated heterocycles. The number of methoxy groups -OCH3 is 3. The highest BCUT2D eigenvalue weighted by Gasteiger charge is 2.24. The minimum atomic E-state index is -0.325. The lowest BCUT2D eigenvalue weighted by Crippen LogP contribution is -2.14. The highest BCUT2D eigenvalue weighted by molar-refractivity contribution is 6.07. The van der Waals surface area contributed by atoms with E-state index in [0.717, 1.165) is 17.0 Å². The molecule has 1 aliphatic rings. The summed E-state index contributed by atoms with van der Waals surface area (Å²) in [5.41, 5.74) is 2.74. The first-order valence-electron chi connectivity index (χ1n) is 9.22. The number of hydrogen-bond donors (Lipinski definition) is 2. The van der Waals surface area contributed by atoms with Crippen molar-refractivity contribution in [2.24, 2.45) is 0 Å². The van der Waals surface area contributed by atoms with Crippen LogP contribution in [0.3, 0.4) is 0 Å². The molecule has 4 rings (SSSR count). The van der Waals surface area contributed by atoms with Gasteiger partial charge in [0.05, 0.1) is 38.8 Å². The Morgan fingerprint density at radius 3 is 2.43 bits per heavy atom. The van der Waals surface area contributed by atoms with Crippen molar-refractivity contribution in [2.75, 3.05) is 32.0 Å². The maximum Gasteiger partial charge on any atom is 0.259 e. The highest BCUT2D eigenvalue weighted by Crippen LogP contribution is 2.40. The summed E-state index contributed by atoms with van der Waals surface area (Å²) in [6.45, 7) is 0. The molecule has 1 amide bonds. The number of benzene rings is 2. The minimum absolute atomic E-state index is 0.306. The number of hydrogen-bond acceptors (Lipinski definition) is 7. The van der Waals surface area contributed by atoms with E-state index in [1.165, 1.54) is 21.3 Å². The summed E-state index contributed by atoms with van der Waals surface area (Å²) in [6, 6.07) is 12.5. The fourth-order valence-corrected chi connectivity index (χ4v) is 3.26. The number of carbonyl (C=O) groups is 1. The molecule has 0 bridgehead atoms. The molecule has 0 spiro atoms. The van der Waals surface area contributed by atoms with Crippen LogP contribution in [0.15, 0.2) is 54.9 Å². The van der Waals surface area contributed by atoms with E-state index in [0.29, 0.717) is 28.5 Å². The SMILES string of the molecule is COc1ccc(C(=O)Nc2ccc(C3Nc4cnccc4O3)cc2)c(OC)c1OC. The van der Waals surface area contributed by atoms with E-state index < -0.39 is 0 Å². The molecule has 2 aromatic carbocycles. The minimum Gasteiger partial charge on any atom is -0.493 e. The van der Waals surface area contributed by atoms with Gasteiger partial charge in [-0.1, -0.05) is 12.1 Å². The van der Waals surface area contributed by atoms with Crippen LogP contribution in [0.25, 0.3) is 0 Å². The Balaban J connectivity index is 1.50. The molecule has 0 fully saturated rings. The quantitative estimate of drug-likeness (QED) is 0.641. The second-order valence-electron chi connectivity index (χ2n) is 6.47. The molecule has 0 radical (unpaired) electrons. The lowest BCUT2D eigenvalue weighted by atomic mass is 10.1. The zero-order chi connectivity index (χ0) is 21.1. The molecule has 3 aromatic rings. The van der Waals surface area contributed by atoms with Crippen molar-refractivity contribution < 1.29 is 23.7 Å². The number of nitrogens with zero attached hydrogens (tertiary/aromatic N) is 1. The number of nitrogens with one attached hydrogen (secondary N) is 2. The van der Waals surface area contributed by atoms with Gasteiger partial charge in [0.1, 0.15) is 5.75 Å². The summed E-state index contributed by atoms with van der Waals surface area (Å²) >= 11 is 0. The summed E-state index contributed by atoms with van der Waals surface area (Å²) in [6.07, 6.45) is 3.10. The van der Waals surface area contributed by atoms with Crippen molar-refractivity contribution in [1.29, 1.82) is 0 Å². The number of pyridine rings is 1. The van der Waals surface area contributed by atoms with E-state index in [1.54, 1.807) is 24.5 Å². The number of ether oxygens (including phenoxy) is 4. The molecule has 0 saturated carbocycles. The van der Waals surface area contributed by atoms with Gasteiger partial charge in [-0.25, -0.2) is 0 Å². The lowest BCUT2D eigenvalue weighted by Gasteiger charge is -2.16. The fraction of sp³-hybridized carbons (Fsp3) is 0.182. The molecule has 154 valence electrons. The lowest BCUT2D eigenvalue weighted by molar-refractivity contribution is 0.102. The van der Waals surface area contributed by atoms with Gasteiger partial charge in [-0.15, -0.1) is 0 Å². The summed E-state index contributed by atoms with van der Waals surface area (Å²) in [5, 5.41) is 6.13. The van der Waals surface area contributed by atoms with E-state index in [9.17, 15) is 4.79 Å². The van der Waals surface area contributed by atoms with Crippen LogP contribution in [0.1, 0.15) is 22.1 Å². The Morgan fingerprint density at radius 2 is 1.77 bits per heavy atom. The van der Waals surface area contributed by atoms with Gasteiger partial charge < -0.3 is 29.6 Å². The first kappa shape index (κ1) is 19.4. The topological polar surface area (TPSA) is 90.9 Å².